The summed E-state index contributed by atoms with van der Waals surface area (Å²) in [7, 11) is 0. The standard InChI is InChI=1S/C17H19N5S2/c1-4-23-17-21-20-15(22(17)14-8-6-5-7-9-14)11-24-16-18-12(2)10-13(3)19-16/h5-10H,4,11H2,1-3H3. The van der Waals surface area contributed by atoms with Crippen molar-refractivity contribution in [1.82, 2.24) is 24.7 Å². The lowest BCUT2D eigenvalue weighted by Gasteiger charge is -2.09. The summed E-state index contributed by atoms with van der Waals surface area (Å²) in [5.74, 6) is 2.54. The number of aryl methyl sites for hydroxylation is 2. The molecule has 0 aliphatic rings. The molecule has 2 heterocycles. The summed E-state index contributed by atoms with van der Waals surface area (Å²) in [5.41, 5.74) is 3.05. The Morgan fingerprint density at radius 2 is 1.67 bits per heavy atom. The van der Waals surface area contributed by atoms with Crippen molar-refractivity contribution in [2.45, 2.75) is 36.8 Å². The van der Waals surface area contributed by atoms with Gasteiger partial charge >= 0.3 is 0 Å². The molecule has 0 radical (unpaired) electrons. The largest absolute Gasteiger partial charge is 0.273 e. The lowest BCUT2D eigenvalue weighted by atomic mass is 10.3. The summed E-state index contributed by atoms with van der Waals surface area (Å²) in [6.45, 7) is 6.09. The molecule has 0 spiro atoms. The minimum absolute atomic E-state index is 0.676. The first-order valence-electron chi connectivity index (χ1n) is 7.75. The van der Waals surface area contributed by atoms with E-state index in [2.05, 4.69) is 43.8 Å². The monoisotopic (exact) mass is 357 g/mol. The molecule has 0 atom stereocenters. The molecule has 0 aliphatic heterocycles. The second-order valence-corrected chi connectivity index (χ2v) is 7.40. The summed E-state index contributed by atoms with van der Waals surface area (Å²) >= 11 is 3.28. The molecule has 0 bridgehead atoms. The van der Waals surface area contributed by atoms with Crippen molar-refractivity contribution in [3.8, 4) is 5.69 Å². The molecule has 0 aliphatic carbocycles. The minimum Gasteiger partial charge on any atom is -0.273 e. The van der Waals surface area contributed by atoms with Gasteiger partial charge in [0.05, 0.1) is 5.75 Å². The molecule has 124 valence electrons. The maximum Gasteiger partial charge on any atom is 0.195 e. The zero-order valence-electron chi connectivity index (χ0n) is 13.9. The van der Waals surface area contributed by atoms with E-state index in [1.165, 1.54) is 0 Å². The van der Waals surface area contributed by atoms with Crippen molar-refractivity contribution in [3.05, 3.63) is 53.6 Å². The Kier molecular flexibility index (Phi) is 5.52. The van der Waals surface area contributed by atoms with Crippen molar-refractivity contribution >= 4 is 23.5 Å². The molecule has 0 unspecified atom stereocenters. The molecule has 2 aromatic heterocycles. The first kappa shape index (κ1) is 17.0. The Morgan fingerprint density at radius 3 is 2.33 bits per heavy atom. The lowest BCUT2D eigenvalue weighted by molar-refractivity contribution is 0.861. The number of rotatable bonds is 6. The molecule has 0 N–H and O–H groups in total. The van der Waals surface area contributed by atoms with Gasteiger partial charge in [-0.2, -0.15) is 0 Å². The Labute approximate surface area is 150 Å². The molecule has 0 saturated heterocycles. The van der Waals surface area contributed by atoms with Gasteiger partial charge in [0, 0.05) is 17.1 Å². The fourth-order valence-electron chi connectivity index (χ4n) is 2.34. The van der Waals surface area contributed by atoms with E-state index < -0.39 is 0 Å². The summed E-state index contributed by atoms with van der Waals surface area (Å²) in [4.78, 5) is 8.97. The van der Waals surface area contributed by atoms with Gasteiger partial charge in [0.15, 0.2) is 10.3 Å². The summed E-state index contributed by atoms with van der Waals surface area (Å²) < 4.78 is 2.11. The predicted molar refractivity (Wildman–Crippen MR) is 98.8 cm³/mol. The minimum atomic E-state index is 0.676. The highest BCUT2D eigenvalue weighted by molar-refractivity contribution is 7.99. The quantitative estimate of drug-likeness (QED) is 0.489. The van der Waals surface area contributed by atoms with Crippen LogP contribution in [0.3, 0.4) is 0 Å². The predicted octanol–water partition coefficient (Wildman–Crippen LogP) is 4.08. The number of para-hydroxylation sites is 1. The average molecular weight is 358 g/mol. The maximum atomic E-state index is 4.48. The molecule has 0 fully saturated rings. The Hall–Kier alpha value is -1.86. The number of thioether (sulfide) groups is 2. The molecular weight excluding hydrogens is 338 g/mol. The van der Waals surface area contributed by atoms with Crippen LogP contribution in [0, 0.1) is 13.8 Å². The third-order valence-corrected chi connectivity index (χ3v) is 4.93. The van der Waals surface area contributed by atoms with E-state index in [9.17, 15) is 0 Å². The topological polar surface area (TPSA) is 56.5 Å². The van der Waals surface area contributed by atoms with Crippen molar-refractivity contribution < 1.29 is 0 Å². The number of nitrogens with zero attached hydrogens (tertiary/aromatic N) is 5. The Bertz CT molecular complexity index is 797. The molecule has 3 aromatic rings. The maximum absolute atomic E-state index is 4.48. The van der Waals surface area contributed by atoms with Crippen LogP contribution < -0.4 is 0 Å². The van der Waals surface area contributed by atoms with Gasteiger partial charge < -0.3 is 0 Å². The second-order valence-electron chi connectivity index (χ2n) is 5.22. The van der Waals surface area contributed by atoms with Crippen LogP contribution in [0.4, 0.5) is 0 Å². The average Bonchev–Trinajstić information content (AvgIpc) is 2.96. The normalized spacial score (nSPS) is 11.0. The van der Waals surface area contributed by atoms with Crippen LogP contribution in [0.2, 0.25) is 0 Å². The van der Waals surface area contributed by atoms with Gasteiger partial charge in [-0.1, -0.05) is 48.6 Å². The van der Waals surface area contributed by atoms with Crippen LogP contribution in [0.5, 0.6) is 0 Å². The summed E-state index contributed by atoms with van der Waals surface area (Å²) in [5, 5.41) is 10.4. The van der Waals surface area contributed by atoms with E-state index in [1.807, 2.05) is 38.1 Å². The first-order chi connectivity index (χ1) is 11.7. The number of hydrogen-bond donors (Lipinski definition) is 0. The van der Waals surface area contributed by atoms with Crippen molar-refractivity contribution in [2.24, 2.45) is 0 Å². The van der Waals surface area contributed by atoms with Crippen LogP contribution in [-0.2, 0) is 5.75 Å². The van der Waals surface area contributed by atoms with E-state index in [0.29, 0.717) is 5.75 Å². The molecule has 0 amide bonds. The number of hydrogen-bond acceptors (Lipinski definition) is 6. The SMILES string of the molecule is CCSc1nnc(CSc2nc(C)cc(C)n2)n1-c1ccccc1. The van der Waals surface area contributed by atoms with Crippen LogP contribution >= 0.6 is 23.5 Å². The van der Waals surface area contributed by atoms with Gasteiger partial charge in [-0.3, -0.25) is 4.57 Å². The molecule has 1 aromatic carbocycles. The van der Waals surface area contributed by atoms with Gasteiger partial charge in [0.1, 0.15) is 5.82 Å². The Balaban J connectivity index is 1.88. The lowest BCUT2D eigenvalue weighted by Crippen LogP contribution is -2.02. The number of aromatic nitrogens is 5. The fourth-order valence-corrected chi connectivity index (χ4v) is 3.90. The van der Waals surface area contributed by atoms with E-state index in [1.54, 1.807) is 23.5 Å². The van der Waals surface area contributed by atoms with E-state index >= 15 is 0 Å². The third kappa shape index (κ3) is 3.96. The molecule has 3 rings (SSSR count). The molecule has 5 nitrogen and oxygen atoms in total. The van der Waals surface area contributed by atoms with Crippen LogP contribution in [0.25, 0.3) is 5.69 Å². The van der Waals surface area contributed by atoms with Gasteiger partial charge in [0.2, 0.25) is 0 Å². The number of benzene rings is 1. The molecule has 0 saturated carbocycles. The highest BCUT2D eigenvalue weighted by Gasteiger charge is 2.14. The molecular formula is C17H19N5S2. The van der Waals surface area contributed by atoms with Crippen molar-refractivity contribution in [3.63, 3.8) is 0 Å². The molecule has 24 heavy (non-hydrogen) atoms. The molecule has 7 heteroatoms. The van der Waals surface area contributed by atoms with Gasteiger partial charge in [-0.25, -0.2) is 9.97 Å². The van der Waals surface area contributed by atoms with Crippen LogP contribution in [0.1, 0.15) is 24.1 Å². The first-order valence-corrected chi connectivity index (χ1v) is 9.72. The Morgan fingerprint density at radius 1 is 0.958 bits per heavy atom. The van der Waals surface area contributed by atoms with E-state index in [-0.39, 0.29) is 0 Å². The van der Waals surface area contributed by atoms with E-state index in [0.717, 1.165) is 39.0 Å². The van der Waals surface area contributed by atoms with E-state index in [4.69, 9.17) is 0 Å². The van der Waals surface area contributed by atoms with Gasteiger partial charge in [0.25, 0.3) is 0 Å². The van der Waals surface area contributed by atoms with Gasteiger partial charge in [-0.05, 0) is 37.8 Å². The highest BCUT2D eigenvalue weighted by atomic mass is 32.2. The summed E-state index contributed by atoms with van der Waals surface area (Å²) in [6, 6.07) is 12.2. The summed E-state index contributed by atoms with van der Waals surface area (Å²) in [6.07, 6.45) is 0. The van der Waals surface area contributed by atoms with Crippen LogP contribution in [0.15, 0.2) is 46.7 Å². The zero-order valence-corrected chi connectivity index (χ0v) is 15.6. The third-order valence-electron chi connectivity index (χ3n) is 3.28. The van der Waals surface area contributed by atoms with Crippen molar-refractivity contribution in [2.75, 3.05) is 5.75 Å². The van der Waals surface area contributed by atoms with Gasteiger partial charge in [-0.15, -0.1) is 10.2 Å². The fraction of sp³-hybridized carbons (Fsp3) is 0.294. The highest BCUT2D eigenvalue weighted by Crippen LogP contribution is 2.26. The second kappa shape index (κ2) is 7.81. The zero-order chi connectivity index (χ0) is 16.9. The smallest absolute Gasteiger partial charge is 0.195 e. The van der Waals surface area contributed by atoms with Crippen LogP contribution in [-0.4, -0.2) is 30.5 Å². The van der Waals surface area contributed by atoms with Crippen molar-refractivity contribution in [1.29, 1.82) is 0 Å².